The van der Waals surface area contributed by atoms with Crippen LogP contribution in [0.5, 0.6) is 0 Å². The summed E-state index contributed by atoms with van der Waals surface area (Å²) in [5.41, 5.74) is -0.105. The number of hydrazine groups is 1. The van der Waals surface area contributed by atoms with E-state index in [9.17, 15) is 19.2 Å². The van der Waals surface area contributed by atoms with E-state index < -0.39 is 29.5 Å². The Kier molecular flexibility index (Phi) is 4.71. The minimum atomic E-state index is -1.38. The molecule has 1 aromatic carbocycles. The number of nitrogens with two attached hydrogens (primary N) is 1. The van der Waals surface area contributed by atoms with Crippen molar-refractivity contribution in [1.82, 2.24) is 5.01 Å². The highest BCUT2D eigenvalue weighted by atomic mass is 16.4. The second kappa shape index (κ2) is 6.07. The molecule has 0 atom stereocenters. The Morgan fingerprint density at radius 3 is 2.05 bits per heavy atom. The summed E-state index contributed by atoms with van der Waals surface area (Å²) in [6.45, 7) is 2.29. The quantitative estimate of drug-likeness (QED) is 0.345. The van der Waals surface area contributed by atoms with Gasteiger partial charge >= 0.3 is 5.97 Å². The van der Waals surface area contributed by atoms with E-state index in [1.54, 1.807) is 0 Å². The standard InChI is InChI=1S/C13H14N2O5/c1-7(16)11(8(2)17)15(14)12(18)9-4-3-5-10(6-9)13(19)20/h3-6,11H,14H2,1-2H3,(H,19,20). The lowest BCUT2D eigenvalue weighted by Crippen LogP contribution is -2.52. The molecule has 7 heteroatoms. The topological polar surface area (TPSA) is 118 Å². The summed E-state index contributed by atoms with van der Waals surface area (Å²) in [4.78, 5) is 45.6. The van der Waals surface area contributed by atoms with Crippen LogP contribution in [0.1, 0.15) is 34.6 Å². The van der Waals surface area contributed by atoms with Crippen molar-refractivity contribution in [2.45, 2.75) is 19.9 Å². The molecule has 0 bridgehead atoms. The number of hydrogen-bond acceptors (Lipinski definition) is 5. The fraction of sp³-hybridized carbons (Fsp3) is 0.231. The van der Waals surface area contributed by atoms with Gasteiger partial charge in [-0.15, -0.1) is 0 Å². The Bertz CT molecular complexity index is 568. The molecular formula is C13H14N2O5. The van der Waals surface area contributed by atoms with Crippen molar-refractivity contribution >= 4 is 23.4 Å². The van der Waals surface area contributed by atoms with Gasteiger partial charge in [-0.05, 0) is 32.0 Å². The fourth-order valence-corrected chi connectivity index (χ4v) is 1.73. The van der Waals surface area contributed by atoms with E-state index in [1.165, 1.54) is 18.2 Å². The van der Waals surface area contributed by atoms with Crippen LogP contribution in [0, 0.1) is 0 Å². The van der Waals surface area contributed by atoms with Crippen molar-refractivity contribution in [2.24, 2.45) is 5.84 Å². The molecule has 0 fully saturated rings. The SMILES string of the molecule is CC(=O)C(C(C)=O)N(N)C(=O)c1cccc(C(=O)O)c1. The Labute approximate surface area is 114 Å². The first-order valence-corrected chi connectivity index (χ1v) is 5.68. The van der Waals surface area contributed by atoms with Crippen LogP contribution in [-0.2, 0) is 9.59 Å². The number of carboxylic acid groups (broad SMARTS) is 1. The average Bonchev–Trinajstić information content (AvgIpc) is 2.37. The first-order valence-electron chi connectivity index (χ1n) is 5.68. The zero-order valence-corrected chi connectivity index (χ0v) is 11.0. The van der Waals surface area contributed by atoms with Gasteiger partial charge in [0.25, 0.3) is 5.91 Å². The number of aromatic carboxylic acids is 1. The third-order valence-corrected chi connectivity index (χ3v) is 2.64. The number of ketones is 2. The van der Waals surface area contributed by atoms with Gasteiger partial charge in [-0.1, -0.05) is 6.07 Å². The van der Waals surface area contributed by atoms with Crippen LogP contribution in [0.4, 0.5) is 0 Å². The smallest absolute Gasteiger partial charge is 0.335 e. The Morgan fingerprint density at radius 2 is 1.60 bits per heavy atom. The number of amides is 1. The van der Waals surface area contributed by atoms with Gasteiger partial charge in [0.05, 0.1) is 5.56 Å². The first-order chi connectivity index (χ1) is 9.25. The van der Waals surface area contributed by atoms with Gasteiger partial charge < -0.3 is 5.11 Å². The van der Waals surface area contributed by atoms with Crippen LogP contribution < -0.4 is 5.84 Å². The van der Waals surface area contributed by atoms with E-state index >= 15 is 0 Å². The highest BCUT2D eigenvalue weighted by Crippen LogP contribution is 2.10. The lowest BCUT2D eigenvalue weighted by atomic mass is 10.1. The molecule has 1 rings (SSSR count). The Morgan fingerprint density at radius 1 is 1.10 bits per heavy atom. The van der Waals surface area contributed by atoms with E-state index in [0.717, 1.165) is 19.9 Å². The molecule has 20 heavy (non-hydrogen) atoms. The number of nitrogens with zero attached hydrogens (tertiary/aromatic N) is 1. The molecule has 0 saturated carbocycles. The molecule has 7 nitrogen and oxygen atoms in total. The molecule has 0 spiro atoms. The minimum absolute atomic E-state index is 0.0140. The van der Waals surface area contributed by atoms with E-state index in [4.69, 9.17) is 10.9 Å². The lowest BCUT2D eigenvalue weighted by Gasteiger charge is -2.23. The second-order valence-electron chi connectivity index (χ2n) is 4.22. The Hall–Kier alpha value is -2.54. The molecule has 106 valence electrons. The summed E-state index contributed by atoms with van der Waals surface area (Å²) < 4.78 is 0. The summed E-state index contributed by atoms with van der Waals surface area (Å²) >= 11 is 0. The van der Waals surface area contributed by atoms with Gasteiger partial charge in [-0.3, -0.25) is 19.4 Å². The molecule has 0 aliphatic heterocycles. The molecule has 0 heterocycles. The Balaban J connectivity index is 3.11. The third-order valence-electron chi connectivity index (χ3n) is 2.64. The number of hydrogen-bond donors (Lipinski definition) is 2. The van der Waals surface area contributed by atoms with Crippen molar-refractivity contribution in [3.8, 4) is 0 Å². The second-order valence-corrected chi connectivity index (χ2v) is 4.22. The van der Waals surface area contributed by atoms with Crippen LogP contribution in [0.25, 0.3) is 0 Å². The van der Waals surface area contributed by atoms with E-state index in [2.05, 4.69) is 0 Å². The number of benzene rings is 1. The maximum atomic E-state index is 12.1. The molecule has 0 aliphatic rings. The van der Waals surface area contributed by atoms with Crippen molar-refractivity contribution < 1.29 is 24.3 Å². The van der Waals surface area contributed by atoms with Crippen LogP contribution in [0.2, 0.25) is 0 Å². The monoisotopic (exact) mass is 278 g/mol. The van der Waals surface area contributed by atoms with Crippen molar-refractivity contribution in [3.05, 3.63) is 35.4 Å². The largest absolute Gasteiger partial charge is 0.478 e. The zero-order chi connectivity index (χ0) is 15.4. The van der Waals surface area contributed by atoms with Gasteiger partial charge in [0.15, 0.2) is 17.6 Å². The maximum Gasteiger partial charge on any atom is 0.335 e. The van der Waals surface area contributed by atoms with E-state index in [1.807, 2.05) is 0 Å². The number of rotatable bonds is 5. The summed E-state index contributed by atoms with van der Waals surface area (Å²) in [6, 6.07) is 3.79. The number of Topliss-reactive ketones (excluding diaryl/α,β-unsaturated/α-hetero) is 2. The van der Waals surface area contributed by atoms with Crippen LogP contribution in [0.15, 0.2) is 24.3 Å². The third kappa shape index (κ3) is 3.27. The highest BCUT2D eigenvalue weighted by Gasteiger charge is 2.29. The molecule has 0 aromatic heterocycles. The van der Waals surface area contributed by atoms with Crippen molar-refractivity contribution in [1.29, 1.82) is 0 Å². The number of carbonyl (C=O) groups is 4. The summed E-state index contributed by atoms with van der Waals surface area (Å²) in [5, 5.41) is 9.37. The van der Waals surface area contributed by atoms with Crippen LogP contribution >= 0.6 is 0 Å². The molecule has 1 aromatic rings. The normalized spacial score (nSPS) is 10.2. The molecular weight excluding hydrogens is 264 g/mol. The van der Waals surface area contributed by atoms with Gasteiger partial charge in [0.2, 0.25) is 0 Å². The molecule has 3 N–H and O–H groups in total. The molecule has 0 radical (unpaired) electrons. The minimum Gasteiger partial charge on any atom is -0.478 e. The molecule has 1 amide bonds. The number of carbonyl (C=O) groups excluding carboxylic acids is 3. The summed E-state index contributed by atoms with van der Waals surface area (Å²) in [6.07, 6.45) is 0. The van der Waals surface area contributed by atoms with Gasteiger partial charge in [-0.25, -0.2) is 10.6 Å². The lowest BCUT2D eigenvalue weighted by molar-refractivity contribution is -0.131. The predicted molar refractivity (Wildman–Crippen MR) is 68.9 cm³/mol. The van der Waals surface area contributed by atoms with E-state index in [-0.39, 0.29) is 11.1 Å². The van der Waals surface area contributed by atoms with Crippen LogP contribution in [-0.4, -0.2) is 39.6 Å². The summed E-state index contributed by atoms with van der Waals surface area (Å²) in [7, 11) is 0. The van der Waals surface area contributed by atoms with Gasteiger partial charge in [0, 0.05) is 5.56 Å². The maximum absolute atomic E-state index is 12.1. The van der Waals surface area contributed by atoms with Crippen LogP contribution in [0.3, 0.4) is 0 Å². The van der Waals surface area contributed by atoms with Gasteiger partial charge in [0.1, 0.15) is 0 Å². The average molecular weight is 278 g/mol. The predicted octanol–water partition coefficient (Wildman–Crippen LogP) is 0.247. The number of carboxylic acids is 1. The van der Waals surface area contributed by atoms with Crippen molar-refractivity contribution in [3.63, 3.8) is 0 Å². The highest BCUT2D eigenvalue weighted by molar-refractivity contribution is 6.09. The molecule has 0 saturated heterocycles. The van der Waals surface area contributed by atoms with E-state index in [0.29, 0.717) is 5.01 Å². The first kappa shape index (κ1) is 15.5. The summed E-state index contributed by atoms with van der Waals surface area (Å²) in [5.74, 6) is 2.38. The zero-order valence-electron chi connectivity index (χ0n) is 11.0. The fourth-order valence-electron chi connectivity index (χ4n) is 1.73. The van der Waals surface area contributed by atoms with Gasteiger partial charge in [-0.2, -0.15) is 0 Å². The molecule has 0 aliphatic carbocycles. The molecule has 0 unspecified atom stereocenters. The van der Waals surface area contributed by atoms with Crippen molar-refractivity contribution in [2.75, 3.05) is 0 Å².